The molecular formula is C25H30N2O5. The Morgan fingerprint density at radius 2 is 1.53 bits per heavy atom. The number of hydrogen-bond donors (Lipinski definition) is 3. The monoisotopic (exact) mass is 438 g/mol. The summed E-state index contributed by atoms with van der Waals surface area (Å²) in [6.07, 6.45) is -0.197. The molecule has 170 valence electrons. The minimum absolute atomic E-state index is 0.0698. The first-order chi connectivity index (χ1) is 15.3. The Bertz CT molecular complexity index is 944. The first-order valence-electron chi connectivity index (χ1n) is 11.0. The third-order valence-corrected chi connectivity index (χ3v) is 5.98. The van der Waals surface area contributed by atoms with Crippen LogP contribution in [0.3, 0.4) is 0 Å². The highest BCUT2D eigenvalue weighted by atomic mass is 16.5. The van der Waals surface area contributed by atoms with E-state index >= 15 is 0 Å². The molecule has 0 spiro atoms. The van der Waals surface area contributed by atoms with Gasteiger partial charge in [-0.25, -0.2) is 4.79 Å². The van der Waals surface area contributed by atoms with Crippen LogP contribution in [0.2, 0.25) is 0 Å². The highest BCUT2D eigenvalue weighted by Gasteiger charge is 2.31. The summed E-state index contributed by atoms with van der Waals surface area (Å²) in [5.41, 5.74) is 4.50. The van der Waals surface area contributed by atoms with Gasteiger partial charge in [0.15, 0.2) is 0 Å². The number of nitrogens with one attached hydrogen (secondary N) is 2. The van der Waals surface area contributed by atoms with Gasteiger partial charge in [0.25, 0.3) is 0 Å². The summed E-state index contributed by atoms with van der Waals surface area (Å²) in [7, 11) is 0. The van der Waals surface area contributed by atoms with E-state index in [9.17, 15) is 14.4 Å². The van der Waals surface area contributed by atoms with Gasteiger partial charge in [-0.05, 0) is 35.1 Å². The molecule has 0 aliphatic heterocycles. The number of fused-ring (bicyclic) bond motifs is 3. The van der Waals surface area contributed by atoms with Gasteiger partial charge >= 0.3 is 12.1 Å². The van der Waals surface area contributed by atoms with Gasteiger partial charge in [-0.3, -0.25) is 9.59 Å². The standard InChI is InChI=1S/C25H30N2O5/c1-4-15(2)23(24(30)26-16(3)13-22(28)29)27-25(31)32-14-21-19-11-7-5-9-17(19)18-10-6-8-12-20(18)21/h5-12,15-16,21,23H,4,13-14H2,1-3H3,(H,26,30)(H,27,31)(H,28,29)/t15?,16-,23+/m1/s1. The second-order valence-electron chi connectivity index (χ2n) is 8.34. The fourth-order valence-electron chi connectivity index (χ4n) is 4.11. The molecule has 0 radical (unpaired) electrons. The van der Waals surface area contributed by atoms with Crippen molar-refractivity contribution in [2.24, 2.45) is 5.92 Å². The van der Waals surface area contributed by atoms with Crippen molar-refractivity contribution in [1.82, 2.24) is 10.6 Å². The van der Waals surface area contributed by atoms with Crippen LogP contribution in [0.25, 0.3) is 11.1 Å². The number of benzene rings is 2. The van der Waals surface area contributed by atoms with Crippen LogP contribution in [0, 0.1) is 5.92 Å². The molecule has 0 fully saturated rings. The Morgan fingerprint density at radius 1 is 0.969 bits per heavy atom. The number of aliphatic carboxylic acids is 1. The van der Waals surface area contributed by atoms with Crippen LogP contribution < -0.4 is 10.6 Å². The average molecular weight is 439 g/mol. The molecule has 7 nitrogen and oxygen atoms in total. The average Bonchev–Trinajstić information content (AvgIpc) is 3.08. The predicted octanol–water partition coefficient (Wildman–Crippen LogP) is 3.92. The van der Waals surface area contributed by atoms with Crippen LogP contribution in [0.15, 0.2) is 48.5 Å². The normalized spacial score (nSPS) is 15.1. The van der Waals surface area contributed by atoms with E-state index in [-0.39, 0.29) is 24.9 Å². The number of carbonyl (C=O) groups excluding carboxylic acids is 2. The fourth-order valence-corrected chi connectivity index (χ4v) is 4.11. The lowest BCUT2D eigenvalue weighted by Gasteiger charge is -2.25. The number of carbonyl (C=O) groups is 3. The molecule has 0 bridgehead atoms. The zero-order valence-electron chi connectivity index (χ0n) is 18.6. The Balaban J connectivity index is 1.66. The maximum atomic E-state index is 12.7. The van der Waals surface area contributed by atoms with E-state index in [2.05, 4.69) is 22.8 Å². The van der Waals surface area contributed by atoms with Crippen molar-refractivity contribution in [2.45, 2.75) is 51.6 Å². The minimum Gasteiger partial charge on any atom is -0.481 e. The molecule has 1 aliphatic carbocycles. The quantitative estimate of drug-likeness (QED) is 0.550. The lowest BCUT2D eigenvalue weighted by molar-refractivity contribution is -0.137. The Hall–Kier alpha value is -3.35. The molecule has 32 heavy (non-hydrogen) atoms. The van der Waals surface area contributed by atoms with Crippen LogP contribution in [0.1, 0.15) is 50.7 Å². The van der Waals surface area contributed by atoms with Crippen molar-refractivity contribution in [1.29, 1.82) is 0 Å². The topological polar surface area (TPSA) is 105 Å². The molecule has 3 atom stereocenters. The third kappa shape index (κ3) is 5.28. The second kappa shape index (κ2) is 10.3. The molecule has 0 aromatic heterocycles. The molecule has 1 aliphatic rings. The Morgan fingerprint density at radius 3 is 2.06 bits per heavy atom. The molecule has 0 saturated carbocycles. The maximum Gasteiger partial charge on any atom is 0.407 e. The highest BCUT2D eigenvalue weighted by molar-refractivity contribution is 5.86. The maximum absolute atomic E-state index is 12.7. The highest BCUT2D eigenvalue weighted by Crippen LogP contribution is 2.44. The van der Waals surface area contributed by atoms with Gasteiger partial charge in [-0.2, -0.15) is 0 Å². The fraction of sp³-hybridized carbons (Fsp3) is 0.400. The zero-order chi connectivity index (χ0) is 23.3. The summed E-state index contributed by atoms with van der Waals surface area (Å²) in [4.78, 5) is 36.2. The van der Waals surface area contributed by atoms with Crippen LogP contribution in [-0.4, -0.2) is 41.8 Å². The number of ether oxygens (including phenoxy) is 1. The molecule has 7 heteroatoms. The first kappa shape index (κ1) is 23.3. The summed E-state index contributed by atoms with van der Waals surface area (Å²) in [6, 6.07) is 14.8. The van der Waals surface area contributed by atoms with Gasteiger partial charge in [0, 0.05) is 12.0 Å². The summed E-state index contributed by atoms with van der Waals surface area (Å²) < 4.78 is 5.56. The lowest BCUT2D eigenvalue weighted by atomic mass is 9.98. The van der Waals surface area contributed by atoms with Gasteiger partial charge in [-0.15, -0.1) is 0 Å². The first-order valence-corrected chi connectivity index (χ1v) is 11.0. The van der Waals surface area contributed by atoms with Crippen LogP contribution in [-0.2, 0) is 14.3 Å². The largest absolute Gasteiger partial charge is 0.481 e. The molecule has 2 aromatic carbocycles. The molecule has 3 rings (SSSR count). The smallest absolute Gasteiger partial charge is 0.407 e. The van der Waals surface area contributed by atoms with Gasteiger partial charge < -0.3 is 20.5 Å². The number of carboxylic acids is 1. The zero-order valence-corrected chi connectivity index (χ0v) is 18.6. The van der Waals surface area contributed by atoms with E-state index in [0.717, 1.165) is 22.3 Å². The molecule has 3 N–H and O–H groups in total. The van der Waals surface area contributed by atoms with E-state index in [1.54, 1.807) is 6.92 Å². The summed E-state index contributed by atoms with van der Waals surface area (Å²) in [5, 5.41) is 14.3. The van der Waals surface area contributed by atoms with E-state index in [1.165, 1.54) is 0 Å². The lowest BCUT2D eigenvalue weighted by Crippen LogP contribution is -2.52. The van der Waals surface area contributed by atoms with Crippen LogP contribution in [0.4, 0.5) is 4.79 Å². The number of alkyl carbamates (subject to hydrolysis) is 1. The molecule has 2 amide bonds. The summed E-state index contributed by atoms with van der Waals surface area (Å²) in [5.74, 6) is -1.63. The summed E-state index contributed by atoms with van der Waals surface area (Å²) in [6.45, 7) is 5.55. The van der Waals surface area contributed by atoms with E-state index in [1.807, 2.05) is 50.2 Å². The van der Waals surface area contributed by atoms with E-state index < -0.39 is 30.1 Å². The molecule has 2 aromatic rings. The second-order valence-corrected chi connectivity index (χ2v) is 8.34. The molecule has 1 unspecified atom stereocenters. The van der Waals surface area contributed by atoms with Crippen molar-refractivity contribution in [3.8, 4) is 11.1 Å². The van der Waals surface area contributed by atoms with Gasteiger partial charge in [0.1, 0.15) is 12.6 Å². The van der Waals surface area contributed by atoms with Gasteiger partial charge in [0.2, 0.25) is 5.91 Å². The Labute approximate surface area is 188 Å². The number of amides is 2. The SMILES string of the molecule is CCC(C)[C@H](NC(=O)OCC1c2ccccc2-c2ccccc21)C(=O)N[C@H](C)CC(=O)O. The third-order valence-electron chi connectivity index (χ3n) is 5.98. The minimum atomic E-state index is -0.998. The molecule has 0 saturated heterocycles. The number of hydrogen-bond acceptors (Lipinski definition) is 4. The van der Waals surface area contributed by atoms with Crippen molar-refractivity contribution in [3.05, 3.63) is 59.7 Å². The Kier molecular flexibility index (Phi) is 7.51. The van der Waals surface area contributed by atoms with Crippen molar-refractivity contribution < 1.29 is 24.2 Å². The number of rotatable bonds is 9. The van der Waals surface area contributed by atoms with Crippen molar-refractivity contribution in [3.63, 3.8) is 0 Å². The van der Waals surface area contributed by atoms with Gasteiger partial charge in [0.05, 0.1) is 6.42 Å². The molecule has 0 heterocycles. The van der Waals surface area contributed by atoms with E-state index in [0.29, 0.717) is 6.42 Å². The predicted molar refractivity (Wildman–Crippen MR) is 121 cm³/mol. The summed E-state index contributed by atoms with van der Waals surface area (Å²) >= 11 is 0. The molecular weight excluding hydrogens is 408 g/mol. The van der Waals surface area contributed by atoms with E-state index in [4.69, 9.17) is 9.84 Å². The van der Waals surface area contributed by atoms with Crippen molar-refractivity contribution >= 4 is 18.0 Å². The van der Waals surface area contributed by atoms with Crippen molar-refractivity contribution in [2.75, 3.05) is 6.61 Å². The van der Waals surface area contributed by atoms with Crippen LogP contribution >= 0.6 is 0 Å². The number of carboxylic acid groups (broad SMARTS) is 1. The van der Waals surface area contributed by atoms with Gasteiger partial charge in [-0.1, -0.05) is 68.8 Å². The van der Waals surface area contributed by atoms with Crippen LogP contribution in [0.5, 0.6) is 0 Å².